The van der Waals surface area contributed by atoms with Crippen LogP contribution in [0.2, 0.25) is 0 Å². The molecule has 0 aromatic heterocycles. The molecule has 0 saturated carbocycles. The van der Waals surface area contributed by atoms with Crippen LogP contribution < -0.4 is 0 Å². The molecule has 1 nitrogen and oxygen atoms in total. The maximum atomic E-state index is 5.84. The summed E-state index contributed by atoms with van der Waals surface area (Å²) in [6.07, 6.45) is 41.1. The summed E-state index contributed by atoms with van der Waals surface area (Å²) in [4.78, 5) is 0. The van der Waals surface area contributed by atoms with Crippen molar-refractivity contribution in [3.05, 3.63) is 12.2 Å². The average Bonchev–Trinajstić information content (AvgIpc) is 2.83. The summed E-state index contributed by atoms with van der Waals surface area (Å²) < 4.78 is 5.84. The minimum absolute atomic E-state index is 0.985. The number of rotatable bonds is 29. The van der Waals surface area contributed by atoms with Crippen LogP contribution in [0.1, 0.15) is 181 Å². The molecule has 0 unspecified atom stereocenters. The minimum atomic E-state index is 0.985. The summed E-state index contributed by atoms with van der Waals surface area (Å²) in [5, 5.41) is 0. The molecule has 0 heterocycles. The van der Waals surface area contributed by atoms with Crippen molar-refractivity contribution in [2.24, 2.45) is 0 Å². The quantitative estimate of drug-likeness (QED) is 0.0789. The van der Waals surface area contributed by atoms with Crippen molar-refractivity contribution >= 4 is 0 Å². The molecule has 0 aliphatic rings. The first-order chi connectivity index (χ1) is 16.4. The molecule has 0 spiro atoms. The fourth-order valence-electron chi connectivity index (χ4n) is 4.60. The van der Waals surface area contributed by atoms with E-state index in [4.69, 9.17) is 4.74 Å². The van der Waals surface area contributed by atoms with Gasteiger partial charge in [-0.25, -0.2) is 0 Å². The first-order valence-corrected chi connectivity index (χ1v) is 15.6. The second-order valence-corrected chi connectivity index (χ2v) is 10.4. The van der Waals surface area contributed by atoms with Gasteiger partial charge in [0, 0.05) is 13.2 Å². The van der Waals surface area contributed by atoms with Gasteiger partial charge in [0.2, 0.25) is 0 Å². The second kappa shape index (κ2) is 31.7. The van der Waals surface area contributed by atoms with E-state index in [9.17, 15) is 0 Å². The first kappa shape index (κ1) is 32.7. The van der Waals surface area contributed by atoms with Crippen LogP contribution in [0.3, 0.4) is 0 Å². The molecule has 0 rings (SSSR count). The van der Waals surface area contributed by atoms with Gasteiger partial charge in [0.1, 0.15) is 0 Å². The third-order valence-corrected chi connectivity index (χ3v) is 6.94. The summed E-state index contributed by atoms with van der Waals surface area (Å²) in [5.74, 6) is 0. The number of unbranched alkanes of at least 4 members (excludes halogenated alkanes) is 23. The zero-order valence-electron chi connectivity index (χ0n) is 23.4. The van der Waals surface area contributed by atoms with E-state index in [0.717, 1.165) is 13.2 Å². The van der Waals surface area contributed by atoms with Crippen LogP contribution in [0.15, 0.2) is 12.2 Å². The number of hydrogen-bond donors (Lipinski definition) is 0. The Labute approximate surface area is 210 Å². The van der Waals surface area contributed by atoms with Crippen molar-refractivity contribution in [2.75, 3.05) is 13.2 Å². The highest BCUT2D eigenvalue weighted by atomic mass is 16.5. The van der Waals surface area contributed by atoms with Crippen molar-refractivity contribution in [2.45, 2.75) is 181 Å². The van der Waals surface area contributed by atoms with Gasteiger partial charge >= 0.3 is 0 Å². The van der Waals surface area contributed by atoms with E-state index in [1.807, 2.05) is 0 Å². The van der Waals surface area contributed by atoms with Crippen molar-refractivity contribution in [1.82, 2.24) is 0 Å². The molecule has 0 amide bonds. The largest absolute Gasteiger partial charge is 0.381 e. The zero-order valence-corrected chi connectivity index (χ0v) is 23.4. The van der Waals surface area contributed by atoms with E-state index in [1.54, 1.807) is 0 Å². The van der Waals surface area contributed by atoms with Gasteiger partial charge in [0.15, 0.2) is 0 Å². The zero-order chi connectivity index (χ0) is 23.9. The van der Waals surface area contributed by atoms with Crippen LogP contribution in [0.5, 0.6) is 0 Å². The van der Waals surface area contributed by atoms with E-state index >= 15 is 0 Å². The van der Waals surface area contributed by atoms with Gasteiger partial charge in [-0.2, -0.15) is 0 Å². The van der Waals surface area contributed by atoms with Gasteiger partial charge in [-0.3, -0.25) is 0 Å². The van der Waals surface area contributed by atoms with E-state index in [2.05, 4.69) is 26.0 Å². The summed E-state index contributed by atoms with van der Waals surface area (Å²) in [5.41, 5.74) is 0. The fraction of sp³-hybridized carbons (Fsp3) is 0.938. The topological polar surface area (TPSA) is 9.23 Å². The molecule has 1 heteroatoms. The molecule has 0 N–H and O–H groups in total. The molecular weight excluding hydrogens is 400 g/mol. The van der Waals surface area contributed by atoms with Crippen molar-refractivity contribution in [3.63, 3.8) is 0 Å². The van der Waals surface area contributed by atoms with E-state index < -0.39 is 0 Å². The monoisotopic (exact) mass is 464 g/mol. The van der Waals surface area contributed by atoms with Gasteiger partial charge in [0.25, 0.3) is 0 Å². The van der Waals surface area contributed by atoms with E-state index in [0.29, 0.717) is 0 Å². The lowest BCUT2D eigenvalue weighted by molar-refractivity contribution is 0.125. The smallest absolute Gasteiger partial charge is 0.0466 e. The number of ether oxygens (including phenoxy) is 1. The lowest BCUT2D eigenvalue weighted by Gasteiger charge is -2.05. The minimum Gasteiger partial charge on any atom is -0.381 e. The molecule has 0 aromatic carbocycles. The molecule has 0 aliphatic carbocycles. The standard InChI is InChI=1S/C32H64O/c1-3-5-7-9-11-13-15-17-18-19-20-22-24-26-28-30-32-33-31-29-27-25-23-21-16-14-12-10-8-6-4-2/h17-18H,3-16,19-32H2,1-2H3/b18-17-. The Hall–Kier alpha value is -0.300. The molecule has 0 fully saturated rings. The maximum absolute atomic E-state index is 5.84. The van der Waals surface area contributed by atoms with Gasteiger partial charge in [-0.15, -0.1) is 0 Å². The summed E-state index contributed by atoms with van der Waals surface area (Å²) in [6.45, 7) is 6.56. The van der Waals surface area contributed by atoms with Crippen LogP contribution in [-0.2, 0) is 4.74 Å². The molecule has 0 saturated heterocycles. The maximum Gasteiger partial charge on any atom is 0.0466 e. The Morgan fingerprint density at radius 2 is 0.606 bits per heavy atom. The normalized spacial score (nSPS) is 11.7. The average molecular weight is 465 g/mol. The first-order valence-electron chi connectivity index (χ1n) is 15.6. The van der Waals surface area contributed by atoms with Gasteiger partial charge in [-0.1, -0.05) is 154 Å². The Morgan fingerprint density at radius 1 is 0.333 bits per heavy atom. The van der Waals surface area contributed by atoms with Crippen LogP contribution in [0.4, 0.5) is 0 Å². The molecule has 0 atom stereocenters. The highest BCUT2D eigenvalue weighted by Gasteiger charge is 1.95. The lowest BCUT2D eigenvalue weighted by Crippen LogP contribution is -1.97. The van der Waals surface area contributed by atoms with Crippen molar-refractivity contribution < 1.29 is 4.74 Å². The van der Waals surface area contributed by atoms with Crippen LogP contribution >= 0.6 is 0 Å². The lowest BCUT2D eigenvalue weighted by atomic mass is 10.1. The molecular formula is C32H64O. The van der Waals surface area contributed by atoms with Crippen LogP contribution in [-0.4, -0.2) is 13.2 Å². The molecule has 33 heavy (non-hydrogen) atoms. The third kappa shape index (κ3) is 31.7. The second-order valence-electron chi connectivity index (χ2n) is 10.4. The SMILES string of the molecule is CCCCCCCC/C=C\CCCCCCCCOCCCCCCCCCCCCCC. The van der Waals surface area contributed by atoms with E-state index in [-0.39, 0.29) is 0 Å². The highest BCUT2D eigenvalue weighted by molar-refractivity contribution is 4.81. The summed E-state index contributed by atoms with van der Waals surface area (Å²) >= 11 is 0. The Bertz CT molecular complexity index is 348. The van der Waals surface area contributed by atoms with Gasteiger partial charge in [-0.05, 0) is 38.5 Å². The Kier molecular flexibility index (Phi) is 31.4. The highest BCUT2D eigenvalue weighted by Crippen LogP contribution is 2.12. The summed E-state index contributed by atoms with van der Waals surface area (Å²) in [6, 6.07) is 0. The van der Waals surface area contributed by atoms with E-state index in [1.165, 1.54) is 167 Å². The summed E-state index contributed by atoms with van der Waals surface area (Å²) in [7, 11) is 0. The molecule has 0 aromatic rings. The number of hydrogen-bond acceptors (Lipinski definition) is 1. The predicted molar refractivity (Wildman–Crippen MR) is 151 cm³/mol. The predicted octanol–water partition coefficient (Wildman–Crippen LogP) is 11.7. The van der Waals surface area contributed by atoms with Crippen molar-refractivity contribution in [1.29, 1.82) is 0 Å². The van der Waals surface area contributed by atoms with Gasteiger partial charge < -0.3 is 4.74 Å². The Balaban J connectivity index is 3.04. The fourth-order valence-corrected chi connectivity index (χ4v) is 4.60. The molecule has 0 bridgehead atoms. The van der Waals surface area contributed by atoms with Gasteiger partial charge in [0.05, 0.1) is 0 Å². The molecule has 0 radical (unpaired) electrons. The van der Waals surface area contributed by atoms with Crippen LogP contribution in [0.25, 0.3) is 0 Å². The number of allylic oxidation sites excluding steroid dienone is 2. The van der Waals surface area contributed by atoms with Crippen LogP contribution in [0, 0.1) is 0 Å². The molecule has 198 valence electrons. The Morgan fingerprint density at radius 3 is 0.939 bits per heavy atom. The van der Waals surface area contributed by atoms with Crippen molar-refractivity contribution in [3.8, 4) is 0 Å². The third-order valence-electron chi connectivity index (χ3n) is 6.94. The molecule has 0 aliphatic heterocycles.